The molecule has 0 saturated heterocycles. The average molecular weight is 156 g/mol. The lowest BCUT2D eigenvalue weighted by Crippen LogP contribution is -2.07. The summed E-state index contributed by atoms with van der Waals surface area (Å²) in [6.07, 6.45) is 4.18. The van der Waals surface area contributed by atoms with Crippen LogP contribution < -0.4 is 0 Å². The Morgan fingerprint density at radius 3 is 2.91 bits per heavy atom. The SMILES string of the molecule is CCCCC1C=C(O)C(=O)O1. The number of unbranched alkanes of at least 4 members (excludes halogenated alkanes) is 1. The van der Waals surface area contributed by atoms with Gasteiger partial charge in [-0.15, -0.1) is 0 Å². The number of hydrogen-bond acceptors (Lipinski definition) is 3. The lowest BCUT2D eigenvalue weighted by atomic mass is 10.1. The Hall–Kier alpha value is -0.990. The smallest absolute Gasteiger partial charge is 0.373 e. The molecule has 3 heteroatoms. The van der Waals surface area contributed by atoms with Crippen LogP contribution in [-0.2, 0) is 9.53 Å². The van der Waals surface area contributed by atoms with Crippen molar-refractivity contribution in [1.29, 1.82) is 0 Å². The molecule has 0 bridgehead atoms. The minimum absolute atomic E-state index is 0.192. The van der Waals surface area contributed by atoms with E-state index >= 15 is 0 Å². The molecule has 0 fully saturated rings. The summed E-state index contributed by atoms with van der Waals surface area (Å²) in [4.78, 5) is 10.6. The van der Waals surface area contributed by atoms with E-state index < -0.39 is 5.97 Å². The predicted octanol–water partition coefficient (Wildman–Crippen LogP) is 1.54. The highest BCUT2D eigenvalue weighted by molar-refractivity contribution is 5.88. The molecule has 0 saturated carbocycles. The fourth-order valence-corrected chi connectivity index (χ4v) is 1.02. The van der Waals surface area contributed by atoms with Crippen LogP contribution in [0.25, 0.3) is 0 Å². The predicted molar refractivity (Wildman–Crippen MR) is 40.1 cm³/mol. The molecule has 0 amide bonds. The first-order valence-electron chi connectivity index (χ1n) is 3.85. The minimum atomic E-state index is -0.592. The van der Waals surface area contributed by atoms with Gasteiger partial charge in [0, 0.05) is 6.08 Å². The summed E-state index contributed by atoms with van der Waals surface area (Å²) in [6.45, 7) is 2.07. The quantitative estimate of drug-likeness (QED) is 0.630. The lowest BCUT2D eigenvalue weighted by molar-refractivity contribution is -0.142. The van der Waals surface area contributed by atoms with Crippen LogP contribution in [0, 0.1) is 0 Å². The molecule has 0 aromatic rings. The molecule has 0 aliphatic carbocycles. The van der Waals surface area contributed by atoms with E-state index in [4.69, 9.17) is 9.84 Å². The fraction of sp³-hybridized carbons (Fsp3) is 0.625. The molecule has 0 aromatic heterocycles. The number of aliphatic hydroxyl groups excluding tert-OH is 1. The average Bonchev–Trinajstić information content (AvgIpc) is 2.28. The number of carbonyl (C=O) groups excluding carboxylic acids is 1. The third-order valence-electron chi connectivity index (χ3n) is 1.65. The highest BCUT2D eigenvalue weighted by atomic mass is 16.6. The standard InChI is InChI=1S/C8H12O3/c1-2-3-4-6-5-7(9)8(10)11-6/h5-6,9H,2-4H2,1H3. The number of aliphatic hydroxyl groups is 1. The Labute approximate surface area is 65.7 Å². The van der Waals surface area contributed by atoms with Gasteiger partial charge in [-0.25, -0.2) is 4.79 Å². The van der Waals surface area contributed by atoms with Crippen LogP contribution in [0.3, 0.4) is 0 Å². The van der Waals surface area contributed by atoms with Gasteiger partial charge in [0.2, 0.25) is 5.76 Å². The molecule has 0 radical (unpaired) electrons. The molecule has 11 heavy (non-hydrogen) atoms. The van der Waals surface area contributed by atoms with Crippen molar-refractivity contribution in [2.75, 3.05) is 0 Å². The van der Waals surface area contributed by atoms with E-state index in [0.717, 1.165) is 19.3 Å². The van der Waals surface area contributed by atoms with Gasteiger partial charge in [-0.05, 0) is 12.8 Å². The Kier molecular flexibility index (Phi) is 2.52. The van der Waals surface area contributed by atoms with Crippen LogP contribution in [0.4, 0.5) is 0 Å². The molecule has 0 spiro atoms. The number of rotatable bonds is 3. The van der Waals surface area contributed by atoms with Crippen LogP contribution >= 0.6 is 0 Å². The number of esters is 1. The molecular weight excluding hydrogens is 144 g/mol. The van der Waals surface area contributed by atoms with Crippen LogP contribution in [-0.4, -0.2) is 17.2 Å². The summed E-state index contributed by atoms with van der Waals surface area (Å²) in [6, 6.07) is 0. The Morgan fingerprint density at radius 1 is 1.73 bits per heavy atom. The van der Waals surface area contributed by atoms with Gasteiger partial charge >= 0.3 is 5.97 Å². The third kappa shape index (κ3) is 1.97. The van der Waals surface area contributed by atoms with Crippen molar-refractivity contribution in [2.45, 2.75) is 32.3 Å². The normalized spacial score (nSPS) is 23.2. The number of cyclic esters (lactones) is 1. The topological polar surface area (TPSA) is 46.5 Å². The van der Waals surface area contributed by atoms with Gasteiger partial charge in [-0.2, -0.15) is 0 Å². The monoisotopic (exact) mass is 156 g/mol. The summed E-state index contributed by atoms with van der Waals surface area (Å²) < 4.78 is 4.79. The van der Waals surface area contributed by atoms with Crippen LogP contribution in [0.5, 0.6) is 0 Å². The van der Waals surface area contributed by atoms with Crippen molar-refractivity contribution in [3.63, 3.8) is 0 Å². The zero-order valence-electron chi connectivity index (χ0n) is 6.54. The fourth-order valence-electron chi connectivity index (χ4n) is 1.02. The molecule has 0 aromatic carbocycles. The van der Waals surface area contributed by atoms with Crippen molar-refractivity contribution in [1.82, 2.24) is 0 Å². The summed E-state index contributed by atoms with van der Waals surface area (Å²) in [5.41, 5.74) is 0. The van der Waals surface area contributed by atoms with Gasteiger partial charge in [-0.1, -0.05) is 13.3 Å². The van der Waals surface area contributed by atoms with Crippen LogP contribution in [0.1, 0.15) is 26.2 Å². The summed E-state index contributed by atoms with van der Waals surface area (Å²) in [5, 5.41) is 8.85. The second kappa shape index (κ2) is 3.42. The van der Waals surface area contributed by atoms with E-state index in [9.17, 15) is 4.79 Å². The van der Waals surface area contributed by atoms with E-state index in [1.165, 1.54) is 6.08 Å². The van der Waals surface area contributed by atoms with E-state index in [1.807, 2.05) is 0 Å². The Balaban J connectivity index is 2.35. The Bertz CT molecular complexity index is 184. The van der Waals surface area contributed by atoms with E-state index in [1.54, 1.807) is 0 Å². The number of carbonyl (C=O) groups is 1. The van der Waals surface area contributed by atoms with E-state index in [0.29, 0.717) is 0 Å². The van der Waals surface area contributed by atoms with E-state index in [2.05, 4.69) is 6.92 Å². The van der Waals surface area contributed by atoms with Crippen molar-refractivity contribution in [2.24, 2.45) is 0 Å². The maximum Gasteiger partial charge on any atom is 0.373 e. The second-order valence-corrected chi connectivity index (χ2v) is 2.64. The van der Waals surface area contributed by atoms with Crippen LogP contribution in [0.15, 0.2) is 11.8 Å². The maximum atomic E-state index is 10.6. The maximum absolute atomic E-state index is 10.6. The van der Waals surface area contributed by atoms with Crippen molar-refractivity contribution >= 4 is 5.97 Å². The Morgan fingerprint density at radius 2 is 2.45 bits per heavy atom. The largest absolute Gasteiger partial charge is 0.502 e. The van der Waals surface area contributed by atoms with Crippen molar-refractivity contribution in [3.05, 3.63) is 11.8 Å². The molecule has 1 aliphatic heterocycles. The molecule has 3 nitrogen and oxygen atoms in total. The van der Waals surface area contributed by atoms with Crippen molar-refractivity contribution < 1.29 is 14.6 Å². The molecule has 1 heterocycles. The molecule has 62 valence electrons. The molecule has 1 unspecified atom stereocenters. The van der Waals surface area contributed by atoms with Gasteiger partial charge in [0.15, 0.2) is 0 Å². The highest BCUT2D eigenvalue weighted by Crippen LogP contribution is 2.15. The molecule has 1 atom stereocenters. The first-order chi connectivity index (χ1) is 5.24. The molecule has 1 rings (SSSR count). The lowest BCUT2D eigenvalue weighted by Gasteiger charge is -2.04. The molecule has 1 aliphatic rings. The number of hydrogen-bond donors (Lipinski definition) is 1. The zero-order valence-corrected chi connectivity index (χ0v) is 6.54. The summed E-state index contributed by atoms with van der Waals surface area (Å²) in [7, 11) is 0. The van der Waals surface area contributed by atoms with Crippen molar-refractivity contribution in [3.8, 4) is 0 Å². The zero-order chi connectivity index (χ0) is 8.27. The van der Waals surface area contributed by atoms with Gasteiger partial charge < -0.3 is 9.84 Å². The summed E-state index contributed by atoms with van der Waals surface area (Å²) >= 11 is 0. The number of ether oxygens (including phenoxy) is 1. The molecule has 1 N–H and O–H groups in total. The molecular formula is C8H12O3. The third-order valence-corrected chi connectivity index (χ3v) is 1.65. The van der Waals surface area contributed by atoms with Crippen LogP contribution in [0.2, 0.25) is 0 Å². The van der Waals surface area contributed by atoms with Gasteiger partial charge in [-0.3, -0.25) is 0 Å². The van der Waals surface area contributed by atoms with Gasteiger partial charge in [0.05, 0.1) is 0 Å². The van der Waals surface area contributed by atoms with Gasteiger partial charge in [0.25, 0.3) is 0 Å². The first-order valence-corrected chi connectivity index (χ1v) is 3.85. The van der Waals surface area contributed by atoms with E-state index in [-0.39, 0.29) is 11.9 Å². The highest BCUT2D eigenvalue weighted by Gasteiger charge is 2.23. The minimum Gasteiger partial charge on any atom is -0.502 e. The first kappa shape index (κ1) is 8.11. The van der Waals surface area contributed by atoms with Gasteiger partial charge in [0.1, 0.15) is 6.10 Å². The summed E-state index contributed by atoms with van der Waals surface area (Å²) in [5.74, 6) is -0.836. The second-order valence-electron chi connectivity index (χ2n) is 2.64.